The predicted molar refractivity (Wildman–Crippen MR) is 191 cm³/mol. The summed E-state index contributed by atoms with van der Waals surface area (Å²) < 4.78 is 0. The van der Waals surface area contributed by atoms with E-state index in [4.69, 9.17) is 0 Å². The van der Waals surface area contributed by atoms with Gasteiger partial charge >= 0.3 is 0 Å². The molecule has 0 aliphatic carbocycles. The molecule has 0 aliphatic rings. The molecule has 4 rings (SSSR count). The molecule has 222 valence electrons. The van der Waals surface area contributed by atoms with E-state index in [-0.39, 0.29) is 10.3 Å². The molecule has 0 nitrogen and oxygen atoms in total. The minimum Gasteiger partial charge on any atom is -0.0629 e. The molecule has 0 N–H and O–H groups in total. The van der Waals surface area contributed by atoms with Gasteiger partial charge in [0.15, 0.2) is 0 Å². The highest BCUT2D eigenvalue weighted by Crippen LogP contribution is 2.62. The van der Waals surface area contributed by atoms with Crippen LogP contribution in [-0.2, 0) is 0 Å². The van der Waals surface area contributed by atoms with E-state index >= 15 is 0 Å². The van der Waals surface area contributed by atoms with Crippen LogP contribution >= 0.6 is 7.92 Å². The summed E-state index contributed by atoms with van der Waals surface area (Å²) in [5.41, 5.74) is 12.7. The van der Waals surface area contributed by atoms with Crippen LogP contribution in [0.3, 0.4) is 0 Å². The van der Waals surface area contributed by atoms with Gasteiger partial charge in [0.2, 0.25) is 0 Å². The maximum absolute atomic E-state index is 2.52. The fourth-order valence-electron chi connectivity index (χ4n) is 6.72. The molecule has 0 aromatic heterocycles. The Labute approximate surface area is 258 Å². The highest BCUT2D eigenvalue weighted by Gasteiger charge is 2.40. The summed E-state index contributed by atoms with van der Waals surface area (Å²) in [4.78, 5) is 0. The molecule has 0 aliphatic heterocycles. The van der Waals surface area contributed by atoms with Gasteiger partial charge in [-0.3, -0.25) is 0 Å². The Hall–Kier alpha value is -2.69. The zero-order valence-electron chi connectivity index (χ0n) is 28.3. The van der Waals surface area contributed by atoms with Crippen molar-refractivity contribution < 1.29 is 0 Å². The van der Waals surface area contributed by atoms with E-state index in [9.17, 15) is 0 Å². The molecule has 42 heavy (non-hydrogen) atoms. The maximum Gasteiger partial charge on any atom is -0.00218 e. The van der Waals surface area contributed by atoms with Crippen LogP contribution in [0.5, 0.6) is 0 Å². The van der Waals surface area contributed by atoms with Crippen molar-refractivity contribution in [3.8, 4) is 33.4 Å². The Morgan fingerprint density at radius 3 is 1.31 bits per heavy atom. The van der Waals surface area contributed by atoms with Crippen LogP contribution < -0.4 is 5.30 Å². The second-order valence-electron chi connectivity index (χ2n) is 14.8. The van der Waals surface area contributed by atoms with Crippen molar-refractivity contribution in [3.63, 3.8) is 0 Å². The Morgan fingerprint density at radius 1 is 0.476 bits per heavy atom. The van der Waals surface area contributed by atoms with Gasteiger partial charge in [0.25, 0.3) is 0 Å². The summed E-state index contributed by atoms with van der Waals surface area (Å²) in [6.07, 6.45) is 0. The van der Waals surface area contributed by atoms with E-state index in [2.05, 4.69) is 168 Å². The number of rotatable bonds is 7. The number of hydrogen-bond donors (Lipinski definition) is 0. The first kappa shape index (κ1) is 32.2. The summed E-state index contributed by atoms with van der Waals surface area (Å²) >= 11 is 0. The highest BCUT2D eigenvalue weighted by molar-refractivity contribution is 7.69. The lowest BCUT2D eigenvalue weighted by atomic mass is 9.80. The fourth-order valence-corrected chi connectivity index (χ4v) is 11.0. The second kappa shape index (κ2) is 12.5. The molecule has 4 aromatic carbocycles. The fraction of sp³-hybridized carbons (Fsp3) is 0.415. The van der Waals surface area contributed by atoms with Crippen LogP contribution in [0.15, 0.2) is 84.9 Å². The van der Waals surface area contributed by atoms with Gasteiger partial charge in [0.05, 0.1) is 0 Å². The van der Waals surface area contributed by atoms with Crippen molar-refractivity contribution in [1.82, 2.24) is 0 Å². The van der Waals surface area contributed by atoms with Crippen molar-refractivity contribution >= 4 is 13.2 Å². The molecule has 0 unspecified atom stereocenters. The first-order valence-electron chi connectivity index (χ1n) is 15.9. The summed E-state index contributed by atoms with van der Waals surface area (Å²) in [7, 11) is -0.617. The SMILES string of the molecule is CC(C)c1cc(C(C)C)c(-c2ccc(-c3ccccc3)c(-c3ccccc3)c2P(C(C)(C)C)C(C)(C)C)c(C(C)C)c1. The third-order valence-corrected chi connectivity index (χ3v) is 11.9. The Morgan fingerprint density at radius 2 is 0.905 bits per heavy atom. The van der Waals surface area contributed by atoms with E-state index in [1.54, 1.807) is 5.30 Å². The highest BCUT2D eigenvalue weighted by atomic mass is 31.1. The van der Waals surface area contributed by atoms with Crippen LogP contribution in [0.4, 0.5) is 0 Å². The Balaban J connectivity index is 2.31. The molecule has 0 bridgehead atoms. The van der Waals surface area contributed by atoms with Crippen LogP contribution in [0.25, 0.3) is 33.4 Å². The van der Waals surface area contributed by atoms with Crippen molar-refractivity contribution in [2.24, 2.45) is 0 Å². The van der Waals surface area contributed by atoms with E-state index in [0.717, 1.165) is 0 Å². The molecule has 0 saturated heterocycles. The van der Waals surface area contributed by atoms with Gasteiger partial charge in [-0.1, -0.05) is 176 Å². The minimum absolute atomic E-state index is 0.106. The molecule has 1 heteroatoms. The summed E-state index contributed by atoms with van der Waals surface area (Å²) in [5, 5.41) is 1.77. The topological polar surface area (TPSA) is 0 Å². The van der Waals surface area contributed by atoms with E-state index in [0.29, 0.717) is 17.8 Å². The molecule has 0 spiro atoms. The average molecular weight is 577 g/mol. The first-order chi connectivity index (χ1) is 19.6. The minimum atomic E-state index is -0.617. The van der Waals surface area contributed by atoms with E-state index in [1.807, 2.05) is 0 Å². The molecular weight excluding hydrogens is 523 g/mol. The monoisotopic (exact) mass is 576 g/mol. The molecule has 4 aromatic rings. The molecule has 0 heterocycles. The number of benzene rings is 4. The molecular formula is C41H53P. The van der Waals surface area contributed by atoms with Gasteiger partial charge in [0, 0.05) is 0 Å². The van der Waals surface area contributed by atoms with Crippen LogP contribution in [-0.4, -0.2) is 10.3 Å². The molecule has 0 radical (unpaired) electrons. The third kappa shape index (κ3) is 6.60. The summed E-state index contributed by atoms with van der Waals surface area (Å²) in [5.74, 6) is 1.34. The maximum atomic E-state index is 2.52. The van der Waals surface area contributed by atoms with Crippen LogP contribution in [0.1, 0.15) is 118 Å². The van der Waals surface area contributed by atoms with E-state index in [1.165, 1.54) is 50.1 Å². The molecule has 0 fully saturated rings. The number of hydrogen-bond acceptors (Lipinski definition) is 0. The van der Waals surface area contributed by atoms with Crippen LogP contribution in [0, 0.1) is 0 Å². The Kier molecular flexibility index (Phi) is 9.59. The smallest absolute Gasteiger partial charge is 0.00218 e. The average Bonchev–Trinajstić information content (AvgIpc) is 2.91. The van der Waals surface area contributed by atoms with Crippen molar-refractivity contribution in [3.05, 3.63) is 102 Å². The predicted octanol–water partition coefficient (Wildman–Crippen LogP) is 12.8. The largest absolute Gasteiger partial charge is 0.0629 e. The summed E-state index contributed by atoms with van der Waals surface area (Å²) in [6, 6.07) is 32.1. The van der Waals surface area contributed by atoms with Crippen molar-refractivity contribution in [2.45, 2.75) is 111 Å². The van der Waals surface area contributed by atoms with Gasteiger partial charge < -0.3 is 0 Å². The van der Waals surface area contributed by atoms with Gasteiger partial charge in [-0.25, -0.2) is 0 Å². The quantitative estimate of drug-likeness (QED) is 0.192. The molecule has 0 amide bonds. The van der Waals surface area contributed by atoms with Gasteiger partial charge in [-0.15, -0.1) is 0 Å². The third-order valence-electron chi connectivity index (χ3n) is 8.29. The molecule has 0 atom stereocenters. The van der Waals surface area contributed by atoms with Gasteiger partial charge in [-0.05, 0) is 83.4 Å². The van der Waals surface area contributed by atoms with Gasteiger partial charge in [0.1, 0.15) is 0 Å². The first-order valence-corrected chi connectivity index (χ1v) is 17.2. The Bertz CT molecular complexity index is 1450. The van der Waals surface area contributed by atoms with Crippen molar-refractivity contribution in [2.75, 3.05) is 0 Å². The summed E-state index contributed by atoms with van der Waals surface area (Å²) in [6.45, 7) is 28.9. The lowest BCUT2D eigenvalue weighted by molar-refractivity contribution is 0.715. The zero-order valence-corrected chi connectivity index (χ0v) is 29.2. The normalized spacial score (nSPS) is 12.7. The van der Waals surface area contributed by atoms with E-state index < -0.39 is 7.92 Å². The van der Waals surface area contributed by atoms with Crippen LogP contribution in [0.2, 0.25) is 0 Å². The van der Waals surface area contributed by atoms with Crippen molar-refractivity contribution in [1.29, 1.82) is 0 Å². The molecule has 0 saturated carbocycles. The lowest BCUT2D eigenvalue weighted by Crippen LogP contribution is -2.33. The lowest BCUT2D eigenvalue weighted by Gasteiger charge is -2.44. The standard InChI is InChI=1S/C41H53P/c1-27(2)32-25-35(28(3)4)38(36(26-32)29(5)6)34-24-23-33(30-19-15-13-16-20-30)37(31-21-17-14-18-22-31)39(34)42(40(7,8)9)41(10,11)12/h13-29H,1-12H3. The zero-order chi connectivity index (χ0) is 31.0. The van der Waals surface area contributed by atoms with Gasteiger partial charge in [-0.2, -0.15) is 0 Å². The second-order valence-corrected chi connectivity index (χ2v) is 18.6.